The molecule has 2 N–H and O–H groups in total. The van der Waals surface area contributed by atoms with E-state index in [1.54, 1.807) is 16.4 Å². The highest BCUT2D eigenvalue weighted by atomic mass is 35.5. The van der Waals surface area contributed by atoms with Crippen molar-refractivity contribution in [2.45, 2.75) is 43.2 Å². The fraction of sp³-hybridized carbons (Fsp3) is 0.435. The van der Waals surface area contributed by atoms with Gasteiger partial charge in [-0.15, -0.1) is 0 Å². The Kier molecular flexibility index (Phi) is 6.67. The van der Waals surface area contributed by atoms with E-state index in [0.29, 0.717) is 37.4 Å². The molecular weight excluding hydrogens is 432 g/mol. The zero-order chi connectivity index (χ0) is 21.9. The van der Waals surface area contributed by atoms with Gasteiger partial charge >= 0.3 is 0 Å². The summed E-state index contributed by atoms with van der Waals surface area (Å²) in [5.41, 5.74) is 1.96. The highest BCUT2D eigenvalue weighted by molar-refractivity contribution is 7.89. The Labute approximate surface area is 189 Å². The Hall–Kier alpha value is -1.93. The van der Waals surface area contributed by atoms with Crippen LogP contribution in [0.5, 0.6) is 0 Å². The molecule has 0 amide bonds. The van der Waals surface area contributed by atoms with Gasteiger partial charge in [-0.3, -0.25) is 4.99 Å². The van der Waals surface area contributed by atoms with Gasteiger partial charge in [-0.25, -0.2) is 8.42 Å². The van der Waals surface area contributed by atoms with Crippen molar-refractivity contribution in [3.63, 3.8) is 0 Å². The van der Waals surface area contributed by atoms with Gasteiger partial charge in [-0.2, -0.15) is 4.31 Å². The first kappa shape index (κ1) is 22.3. The first-order valence-electron chi connectivity index (χ1n) is 10.8. The third kappa shape index (κ3) is 4.80. The minimum absolute atomic E-state index is 0.303. The topological polar surface area (TPSA) is 73.8 Å². The summed E-state index contributed by atoms with van der Waals surface area (Å²) in [5.74, 6) is 0.929. The monoisotopic (exact) mass is 460 g/mol. The SMILES string of the molecule is CCc1ccc(S(=O)(=O)N2CCC3(CC2)NCCN=C3NCc2ccc(Cl)cc2)cc1. The number of amidine groups is 1. The molecule has 8 heteroatoms. The number of halogens is 1. The van der Waals surface area contributed by atoms with Gasteiger partial charge in [0.2, 0.25) is 10.0 Å². The Bertz CT molecular complexity index is 1030. The standard InChI is InChI=1S/C23H29ClN4O2S/c1-2-18-5-9-21(10-6-18)31(29,30)28-15-11-23(12-16-28)22(25-13-14-27-23)26-17-19-3-7-20(24)8-4-19/h3-10,27H,2,11-17H2,1H3,(H,25,26). The van der Waals surface area contributed by atoms with Crippen LogP contribution >= 0.6 is 11.6 Å². The highest BCUT2D eigenvalue weighted by Gasteiger charge is 2.43. The third-order valence-electron chi connectivity index (χ3n) is 6.22. The molecule has 2 aromatic carbocycles. The first-order chi connectivity index (χ1) is 14.9. The summed E-state index contributed by atoms with van der Waals surface area (Å²) in [5, 5.41) is 7.83. The smallest absolute Gasteiger partial charge is 0.243 e. The Balaban J connectivity index is 1.44. The lowest BCUT2D eigenvalue weighted by Gasteiger charge is -2.44. The van der Waals surface area contributed by atoms with Gasteiger partial charge in [-0.05, 0) is 54.7 Å². The molecule has 0 aromatic heterocycles. The number of aliphatic imine (C=N–C) groups is 1. The van der Waals surface area contributed by atoms with Crippen LogP contribution in [-0.4, -0.2) is 50.3 Å². The number of piperidine rings is 1. The Morgan fingerprint density at radius 2 is 1.71 bits per heavy atom. The van der Waals surface area contributed by atoms with Crippen LogP contribution in [0.4, 0.5) is 0 Å². The van der Waals surface area contributed by atoms with Crippen molar-refractivity contribution in [3.8, 4) is 0 Å². The van der Waals surface area contributed by atoms with Crippen LogP contribution in [0.25, 0.3) is 0 Å². The van der Waals surface area contributed by atoms with Crippen LogP contribution in [0, 0.1) is 0 Å². The van der Waals surface area contributed by atoms with Crippen molar-refractivity contribution < 1.29 is 8.42 Å². The minimum atomic E-state index is -3.49. The second-order valence-corrected chi connectivity index (χ2v) is 10.5. The molecule has 6 nitrogen and oxygen atoms in total. The number of rotatable bonds is 5. The molecule has 2 aliphatic heterocycles. The maximum atomic E-state index is 13.1. The summed E-state index contributed by atoms with van der Waals surface area (Å²) in [6, 6.07) is 15.0. The van der Waals surface area contributed by atoms with Crippen LogP contribution < -0.4 is 10.6 Å². The molecule has 31 heavy (non-hydrogen) atoms. The van der Waals surface area contributed by atoms with Gasteiger partial charge < -0.3 is 10.6 Å². The lowest BCUT2D eigenvalue weighted by Crippen LogP contribution is -2.64. The molecule has 0 unspecified atom stereocenters. The van der Waals surface area contributed by atoms with E-state index in [1.165, 1.54) is 0 Å². The third-order valence-corrected chi connectivity index (χ3v) is 8.38. The molecule has 2 aliphatic rings. The fourth-order valence-electron chi connectivity index (χ4n) is 4.28. The quantitative estimate of drug-likeness (QED) is 0.718. The maximum absolute atomic E-state index is 13.1. The number of benzene rings is 2. The molecule has 2 aromatic rings. The summed E-state index contributed by atoms with van der Waals surface area (Å²) >= 11 is 5.98. The molecule has 1 spiro atoms. The summed E-state index contributed by atoms with van der Waals surface area (Å²) in [7, 11) is -3.49. The van der Waals surface area contributed by atoms with E-state index >= 15 is 0 Å². The average Bonchev–Trinajstić information content (AvgIpc) is 2.80. The van der Waals surface area contributed by atoms with E-state index in [2.05, 4.69) is 17.6 Å². The largest absolute Gasteiger partial charge is 0.368 e. The number of aryl methyl sites for hydroxylation is 1. The molecular formula is C23H29ClN4O2S. The molecule has 0 saturated carbocycles. The highest BCUT2D eigenvalue weighted by Crippen LogP contribution is 2.29. The van der Waals surface area contributed by atoms with Crippen molar-refractivity contribution in [1.29, 1.82) is 0 Å². The Morgan fingerprint density at radius 3 is 2.35 bits per heavy atom. The normalized spacial score (nSPS) is 19.2. The lowest BCUT2D eigenvalue weighted by atomic mass is 9.85. The molecule has 0 bridgehead atoms. The van der Waals surface area contributed by atoms with E-state index < -0.39 is 10.0 Å². The second kappa shape index (κ2) is 9.28. The van der Waals surface area contributed by atoms with Crippen molar-refractivity contribution in [2.75, 3.05) is 26.2 Å². The molecule has 0 radical (unpaired) electrons. The lowest BCUT2D eigenvalue weighted by molar-refractivity contribution is 0.241. The van der Waals surface area contributed by atoms with E-state index in [0.717, 1.165) is 41.5 Å². The number of sulfonamides is 1. The summed E-state index contributed by atoms with van der Waals surface area (Å²) in [6.07, 6.45) is 2.26. The van der Waals surface area contributed by atoms with Gasteiger partial charge in [0.05, 0.1) is 17.0 Å². The van der Waals surface area contributed by atoms with Gasteiger partial charge in [-0.1, -0.05) is 42.8 Å². The van der Waals surface area contributed by atoms with Crippen LogP contribution in [-0.2, 0) is 23.0 Å². The van der Waals surface area contributed by atoms with Gasteiger partial charge in [0.1, 0.15) is 5.84 Å². The maximum Gasteiger partial charge on any atom is 0.243 e. The molecule has 4 rings (SSSR count). The summed E-state index contributed by atoms with van der Waals surface area (Å²) < 4.78 is 27.9. The van der Waals surface area contributed by atoms with Crippen molar-refractivity contribution in [2.24, 2.45) is 4.99 Å². The number of hydrogen-bond donors (Lipinski definition) is 2. The molecule has 1 fully saturated rings. The van der Waals surface area contributed by atoms with Crippen molar-refractivity contribution in [1.82, 2.24) is 14.9 Å². The van der Waals surface area contributed by atoms with E-state index in [-0.39, 0.29) is 5.54 Å². The second-order valence-electron chi connectivity index (χ2n) is 8.12. The van der Waals surface area contributed by atoms with Crippen LogP contribution in [0.3, 0.4) is 0 Å². The van der Waals surface area contributed by atoms with Gasteiger partial charge in [0, 0.05) is 31.2 Å². The first-order valence-corrected chi connectivity index (χ1v) is 12.6. The van der Waals surface area contributed by atoms with Crippen LogP contribution in [0.15, 0.2) is 58.4 Å². The Morgan fingerprint density at radius 1 is 1.06 bits per heavy atom. The number of hydrogen-bond acceptors (Lipinski definition) is 5. The fourth-order valence-corrected chi connectivity index (χ4v) is 5.85. The minimum Gasteiger partial charge on any atom is -0.368 e. The van der Waals surface area contributed by atoms with Crippen LogP contribution in [0.1, 0.15) is 30.9 Å². The summed E-state index contributed by atoms with van der Waals surface area (Å²) in [6.45, 7) is 5.17. The van der Waals surface area contributed by atoms with Gasteiger partial charge in [0.15, 0.2) is 0 Å². The van der Waals surface area contributed by atoms with E-state index in [4.69, 9.17) is 16.6 Å². The molecule has 1 saturated heterocycles. The van der Waals surface area contributed by atoms with E-state index in [1.807, 2.05) is 36.4 Å². The van der Waals surface area contributed by atoms with E-state index in [9.17, 15) is 8.42 Å². The molecule has 2 heterocycles. The van der Waals surface area contributed by atoms with Gasteiger partial charge in [0.25, 0.3) is 0 Å². The molecule has 0 atom stereocenters. The molecule has 166 valence electrons. The number of nitrogens with one attached hydrogen (secondary N) is 2. The zero-order valence-electron chi connectivity index (χ0n) is 17.8. The molecule has 0 aliphatic carbocycles. The number of nitrogens with zero attached hydrogens (tertiary/aromatic N) is 2. The van der Waals surface area contributed by atoms with Crippen LogP contribution in [0.2, 0.25) is 5.02 Å². The zero-order valence-corrected chi connectivity index (χ0v) is 19.3. The average molecular weight is 461 g/mol. The van der Waals surface area contributed by atoms with Crippen molar-refractivity contribution >= 4 is 27.5 Å². The summed E-state index contributed by atoms with van der Waals surface area (Å²) in [4.78, 5) is 5.12. The van der Waals surface area contributed by atoms with Crippen molar-refractivity contribution in [3.05, 3.63) is 64.7 Å². The predicted octanol–water partition coefficient (Wildman–Crippen LogP) is 3.22. The predicted molar refractivity (Wildman–Crippen MR) is 125 cm³/mol.